The molecule has 2 unspecified atom stereocenters. The van der Waals surface area contributed by atoms with Gasteiger partial charge in [-0.25, -0.2) is 9.97 Å². The van der Waals surface area contributed by atoms with Crippen molar-refractivity contribution in [1.82, 2.24) is 15.0 Å². The maximum Gasteiger partial charge on any atom is 0.373 e. The summed E-state index contributed by atoms with van der Waals surface area (Å²) >= 11 is 5.82. The molecule has 2 atom stereocenters. The van der Waals surface area contributed by atoms with Gasteiger partial charge in [0.15, 0.2) is 0 Å². The molecule has 10 heteroatoms. The number of nitro groups is 1. The average molecular weight is 366 g/mol. The van der Waals surface area contributed by atoms with E-state index in [1.54, 1.807) is 17.0 Å². The first-order chi connectivity index (χ1) is 11.9. The number of anilines is 1. The van der Waals surface area contributed by atoms with Crippen molar-refractivity contribution in [3.63, 3.8) is 0 Å². The topological polar surface area (TPSA) is 104 Å². The second kappa shape index (κ2) is 7.16. The summed E-state index contributed by atoms with van der Waals surface area (Å²) in [4.78, 5) is 24.9. The molecule has 0 saturated carbocycles. The fourth-order valence-electron chi connectivity index (χ4n) is 2.72. The third-order valence-corrected chi connectivity index (χ3v) is 3.77. The molecule has 0 amide bonds. The molecule has 9 nitrogen and oxygen atoms in total. The Hall–Kier alpha value is -2.52. The summed E-state index contributed by atoms with van der Waals surface area (Å²) in [5.41, 5.74) is -0.314. The summed E-state index contributed by atoms with van der Waals surface area (Å²) in [6.07, 6.45) is 1.09. The number of pyridine rings is 1. The minimum Gasteiger partial charge on any atom is -0.414 e. The number of ether oxygens (including phenoxy) is 2. The molecule has 0 N–H and O–H groups in total. The highest BCUT2D eigenvalue weighted by atomic mass is 35.5. The van der Waals surface area contributed by atoms with Gasteiger partial charge in [-0.2, -0.15) is 4.98 Å². The zero-order chi connectivity index (χ0) is 18.0. The molecule has 1 saturated heterocycles. The van der Waals surface area contributed by atoms with Crippen molar-refractivity contribution in [2.45, 2.75) is 26.1 Å². The molecule has 132 valence electrons. The molecule has 1 aliphatic heterocycles. The Labute approximate surface area is 148 Å². The van der Waals surface area contributed by atoms with Crippen LogP contribution in [0.1, 0.15) is 13.8 Å². The predicted octanol–water partition coefficient (Wildman–Crippen LogP) is 2.84. The van der Waals surface area contributed by atoms with Crippen LogP contribution in [0.15, 0.2) is 24.5 Å². The van der Waals surface area contributed by atoms with Crippen LogP contribution in [-0.4, -0.2) is 45.2 Å². The van der Waals surface area contributed by atoms with Crippen LogP contribution in [-0.2, 0) is 4.74 Å². The van der Waals surface area contributed by atoms with Gasteiger partial charge in [-0.05, 0) is 19.9 Å². The van der Waals surface area contributed by atoms with Crippen LogP contribution in [0.4, 0.5) is 11.5 Å². The van der Waals surface area contributed by atoms with Crippen LogP contribution in [0.25, 0.3) is 0 Å². The Kier molecular flexibility index (Phi) is 4.95. The molecule has 0 aliphatic carbocycles. The lowest BCUT2D eigenvalue weighted by Crippen LogP contribution is -2.46. The summed E-state index contributed by atoms with van der Waals surface area (Å²) in [7, 11) is 0. The van der Waals surface area contributed by atoms with Gasteiger partial charge in [0.05, 0.1) is 17.1 Å². The zero-order valence-corrected chi connectivity index (χ0v) is 14.4. The van der Waals surface area contributed by atoms with Crippen LogP contribution >= 0.6 is 11.6 Å². The third kappa shape index (κ3) is 3.94. The average Bonchev–Trinajstić information content (AvgIpc) is 2.53. The Morgan fingerprint density at radius 1 is 1.32 bits per heavy atom. The fourth-order valence-corrected chi connectivity index (χ4v) is 2.87. The molecule has 25 heavy (non-hydrogen) atoms. The van der Waals surface area contributed by atoms with E-state index in [2.05, 4.69) is 15.0 Å². The zero-order valence-electron chi connectivity index (χ0n) is 13.6. The van der Waals surface area contributed by atoms with E-state index in [4.69, 9.17) is 21.1 Å². The van der Waals surface area contributed by atoms with Gasteiger partial charge in [0.2, 0.25) is 11.7 Å². The van der Waals surface area contributed by atoms with Crippen LogP contribution in [0, 0.1) is 10.1 Å². The molecule has 1 aliphatic rings. The highest BCUT2D eigenvalue weighted by molar-refractivity contribution is 6.29. The van der Waals surface area contributed by atoms with E-state index in [1.807, 2.05) is 13.8 Å². The normalized spacial score (nSPS) is 20.4. The van der Waals surface area contributed by atoms with Gasteiger partial charge < -0.3 is 14.4 Å². The van der Waals surface area contributed by atoms with Gasteiger partial charge in [-0.15, -0.1) is 0 Å². The van der Waals surface area contributed by atoms with Gasteiger partial charge in [-0.1, -0.05) is 17.7 Å². The third-order valence-electron chi connectivity index (χ3n) is 3.56. The maximum atomic E-state index is 11.6. The first-order valence-corrected chi connectivity index (χ1v) is 8.02. The molecular formula is C15H16ClN5O4. The van der Waals surface area contributed by atoms with Crippen molar-refractivity contribution in [2.75, 3.05) is 18.0 Å². The van der Waals surface area contributed by atoms with Crippen LogP contribution in [0.2, 0.25) is 5.15 Å². The van der Waals surface area contributed by atoms with E-state index in [0.29, 0.717) is 13.1 Å². The Morgan fingerprint density at radius 3 is 2.68 bits per heavy atom. The van der Waals surface area contributed by atoms with Gasteiger partial charge in [0.1, 0.15) is 11.5 Å². The number of aromatic nitrogens is 3. The number of nitrogens with zero attached hydrogens (tertiary/aromatic N) is 5. The quantitative estimate of drug-likeness (QED) is 0.463. The number of halogens is 1. The summed E-state index contributed by atoms with van der Waals surface area (Å²) < 4.78 is 11.2. The Balaban J connectivity index is 1.98. The molecule has 3 rings (SSSR count). The van der Waals surface area contributed by atoms with Crippen molar-refractivity contribution in [1.29, 1.82) is 0 Å². The van der Waals surface area contributed by atoms with E-state index < -0.39 is 4.92 Å². The fraction of sp³-hybridized carbons (Fsp3) is 0.400. The minimum atomic E-state index is -0.556. The summed E-state index contributed by atoms with van der Waals surface area (Å²) in [5.74, 6) is 0.125. The molecule has 3 heterocycles. The monoisotopic (exact) mass is 365 g/mol. The van der Waals surface area contributed by atoms with Crippen molar-refractivity contribution in [2.24, 2.45) is 0 Å². The van der Waals surface area contributed by atoms with Crippen LogP contribution < -0.4 is 9.64 Å². The molecule has 0 aromatic carbocycles. The van der Waals surface area contributed by atoms with Gasteiger partial charge in [0, 0.05) is 19.2 Å². The smallest absolute Gasteiger partial charge is 0.373 e. The molecule has 0 spiro atoms. The first kappa shape index (κ1) is 17.3. The van der Waals surface area contributed by atoms with Crippen molar-refractivity contribution in [3.8, 4) is 11.8 Å². The Bertz CT molecular complexity index is 780. The van der Waals surface area contributed by atoms with E-state index in [9.17, 15) is 10.1 Å². The van der Waals surface area contributed by atoms with Crippen LogP contribution in [0.3, 0.4) is 0 Å². The molecule has 0 bridgehead atoms. The minimum absolute atomic E-state index is 0.0720. The number of hydrogen-bond donors (Lipinski definition) is 0. The SMILES string of the molecule is CC1CN(c2ncnc(Oc3cccc(Cl)n3)c2[N+](=O)[O-])CC(C)O1. The second-order valence-corrected chi connectivity index (χ2v) is 6.06. The molecule has 2 aromatic heterocycles. The standard InChI is InChI=1S/C15H16ClN5O4/c1-9-6-20(7-10(2)24-9)14-13(21(22)23)15(18-8-17-14)25-12-5-3-4-11(16)19-12/h3-5,8-10H,6-7H2,1-2H3. The van der Waals surface area contributed by atoms with E-state index in [1.165, 1.54) is 12.4 Å². The highest BCUT2D eigenvalue weighted by Crippen LogP contribution is 2.36. The second-order valence-electron chi connectivity index (χ2n) is 5.67. The van der Waals surface area contributed by atoms with E-state index >= 15 is 0 Å². The van der Waals surface area contributed by atoms with Crippen molar-refractivity contribution >= 4 is 23.1 Å². The lowest BCUT2D eigenvalue weighted by atomic mass is 10.2. The van der Waals surface area contributed by atoms with Crippen molar-refractivity contribution in [3.05, 3.63) is 39.8 Å². The van der Waals surface area contributed by atoms with Crippen LogP contribution in [0.5, 0.6) is 11.8 Å². The van der Waals surface area contributed by atoms with Gasteiger partial charge in [-0.3, -0.25) is 10.1 Å². The predicted molar refractivity (Wildman–Crippen MR) is 90.2 cm³/mol. The molecular weight excluding hydrogens is 350 g/mol. The summed E-state index contributed by atoms with van der Waals surface area (Å²) in [6.45, 7) is 4.78. The van der Waals surface area contributed by atoms with Crippen molar-refractivity contribution < 1.29 is 14.4 Å². The highest BCUT2D eigenvalue weighted by Gasteiger charge is 2.32. The molecule has 0 radical (unpaired) electrons. The van der Waals surface area contributed by atoms with E-state index in [-0.39, 0.29) is 40.6 Å². The molecule has 2 aromatic rings. The number of hydrogen-bond acceptors (Lipinski definition) is 8. The largest absolute Gasteiger partial charge is 0.414 e. The summed E-state index contributed by atoms with van der Waals surface area (Å²) in [5, 5.41) is 11.9. The lowest BCUT2D eigenvalue weighted by Gasteiger charge is -2.35. The van der Waals surface area contributed by atoms with Gasteiger partial charge >= 0.3 is 11.6 Å². The summed E-state index contributed by atoms with van der Waals surface area (Å²) in [6, 6.07) is 4.74. The Morgan fingerprint density at radius 2 is 2.04 bits per heavy atom. The lowest BCUT2D eigenvalue weighted by molar-refractivity contribution is -0.385. The number of morpholine rings is 1. The first-order valence-electron chi connectivity index (χ1n) is 7.64. The maximum absolute atomic E-state index is 11.6. The van der Waals surface area contributed by atoms with E-state index in [0.717, 1.165) is 0 Å². The number of rotatable bonds is 4. The molecule has 1 fully saturated rings. The van der Waals surface area contributed by atoms with Gasteiger partial charge in [0.25, 0.3) is 0 Å².